The average Bonchev–Trinajstić information content (AvgIpc) is 2.76. The first kappa shape index (κ1) is 22.5. The Morgan fingerprint density at radius 3 is 2.30 bits per heavy atom. The molecule has 1 heterocycles. The molecule has 2 amide bonds. The van der Waals surface area contributed by atoms with E-state index < -0.39 is 6.03 Å². The van der Waals surface area contributed by atoms with Crippen molar-refractivity contribution in [3.05, 3.63) is 70.7 Å². The standard InChI is InChI=1S/C22H29ClN4O3/c23-20-8-6-19(7-9-20)21(18-4-2-1-3-5-18)26-12-10-25(11-13-26)14-16-30-17-15-27(29)22(24)28/h1-9,21,29H,10-17H2,(H2,24,28). The molecule has 162 valence electrons. The van der Waals surface area contributed by atoms with Crippen LogP contribution in [-0.2, 0) is 4.74 Å². The average molecular weight is 433 g/mol. The van der Waals surface area contributed by atoms with Crippen LogP contribution in [-0.4, -0.2) is 78.6 Å². The lowest BCUT2D eigenvalue weighted by molar-refractivity contribution is -0.0578. The number of ether oxygens (including phenoxy) is 1. The predicted molar refractivity (Wildman–Crippen MR) is 117 cm³/mol. The Kier molecular flexibility index (Phi) is 8.48. The molecule has 0 radical (unpaired) electrons. The van der Waals surface area contributed by atoms with Gasteiger partial charge in [-0.25, -0.2) is 9.86 Å². The lowest BCUT2D eigenvalue weighted by atomic mass is 9.96. The van der Waals surface area contributed by atoms with E-state index in [0.717, 1.165) is 37.7 Å². The summed E-state index contributed by atoms with van der Waals surface area (Å²) in [5.74, 6) is 0. The predicted octanol–water partition coefficient (Wildman–Crippen LogP) is 2.83. The van der Waals surface area contributed by atoms with E-state index in [1.54, 1.807) is 0 Å². The van der Waals surface area contributed by atoms with E-state index in [1.165, 1.54) is 11.1 Å². The van der Waals surface area contributed by atoms with Crippen LogP contribution in [0.1, 0.15) is 17.2 Å². The van der Waals surface area contributed by atoms with Crippen LogP contribution < -0.4 is 5.73 Å². The zero-order chi connectivity index (χ0) is 21.3. The number of urea groups is 1. The Balaban J connectivity index is 1.51. The topological polar surface area (TPSA) is 82.3 Å². The van der Waals surface area contributed by atoms with Gasteiger partial charge in [-0.2, -0.15) is 0 Å². The summed E-state index contributed by atoms with van der Waals surface area (Å²) in [6, 6.07) is 18.0. The number of primary amides is 1. The molecule has 0 aromatic heterocycles. The van der Waals surface area contributed by atoms with Gasteiger partial charge >= 0.3 is 6.03 Å². The van der Waals surface area contributed by atoms with Gasteiger partial charge in [-0.3, -0.25) is 15.0 Å². The molecule has 0 saturated carbocycles. The molecule has 0 aliphatic carbocycles. The lowest BCUT2D eigenvalue weighted by Crippen LogP contribution is -2.48. The molecular weight excluding hydrogens is 404 g/mol. The van der Waals surface area contributed by atoms with E-state index in [-0.39, 0.29) is 19.2 Å². The van der Waals surface area contributed by atoms with Crippen LogP contribution in [0.5, 0.6) is 0 Å². The Hall–Kier alpha value is -2.16. The number of piperazine rings is 1. The van der Waals surface area contributed by atoms with E-state index in [4.69, 9.17) is 22.1 Å². The third kappa shape index (κ3) is 6.42. The van der Waals surface area contributed by atoms with Gasteiger partial charge in [0, 0.05) is 37.7 Å². The summed E-state index contributed by atoms with van der Waals surface area (Å²) in [6.07, 6.45) is 0. The van der Waals surface area contributed by atoms with Crippen LogP contribution in [0.2, 0.25) is 5.02 Å². The van der Waals surface area contributed by atoms with Crippen molar-refractivity contribution < 1.29 is 14.7 Å². The molecule has 2 aromatic rings. The zero-order valence-electron chi connectivity index (χ0n) is 17.0. The number of carbonyl (C=O) groups is 1. The van der Waals surface area contributed by atoms with Gasteiger partial charge < -0.3 is 10.5 Å². The van der Waals surface area contributed by atoms with Crippen molar-refractivity contribution in [1.29, 1.82) is 0 Å². The normalized spacial score (nSPS) is 16.3. The Morgan fingerprint density at radius 2 is 1.67 bits per heavy atom. The van der Waals surface area contributed by atoms with Crippen molar-refractivity contribution in [3.8, 4) is 0 Å². The van der Waals surface area contributed by atoms with Gasteiger partial charge in [0.05, 0.1) is 25.8 Å². The Morgan fingerprint density at radius 1 is 1.03 bits per heavy atom. The highest BCUT2D eigenvalue weighted by molar-refractivity contribution is 6.30. The summed E-state index contributed by atoms with van der Waals surface area (Å²) >= 11 is 6.10. The summed E-state index contributed by atoms with van der Waals surface area (Å²) in [6.45, 7) is 5.50. The molecule has 1 unspecified atom stereocenters. The van der Waals surface area contributed by atoms with E-state index >= 15 is 0 Å². The van der Waals surface area contributed by atoms with Crippen LogP contribution in [0, 0.1) is 0 Å². The summed E-state index contributed by atoms with van der Waals surface area (Å²) < 4.78 is 5.50. The maximum atomic E-state index is 10.7. The molecule has 2 aromatic carbocycles. The van der Waals surface area contributed by atoms with Gasteiger partial charge in [0.1, 0.15) is 0 Å². The molecular formula is C22H29ClN4O3. The number of rotatable bonds is 9. The fourth-order valence-electron chi connectivity index (χ4n) is 3.70. The second-order valence-corrected chi connectivity index (χ2v) is 7.75. The van der Waals surface area contributed by atoms with E-state index in [0.29, 0.717) is 11.7 Å². The van der Waals surface area contributed by atoms with Gasteiger partial charge in [0.25, 0.3) is 0 Å². The maximum Gasteiger partial charge on any atom is 0.338 e. The van der Waals surface area contributed by atoms with Crippen LogP contribution in [0.25, 0.3) is 0 Å². The first-order valence-electron chi connectivity index (χ1n) is 10.1. The molecule has 8 heteroatoms. The molecule has 0 spiro atoms. The third-order valence-corrected chi connectivity index (χ3v) is 5.58. The van der Waals surface area contributed by atoms with E-state index in [9.17, 15) is 10.0 Å². The number of nitrogens with zero attached hydrogens (tertiary/aromatic N) is 3. The van der Waals surface area contributed by atoms with E-state index in [1.807, 2.05) is 18.2 Å². The molecule has 1 saturated heterocycles. The number of nitrogens with two attached hydrogens (primary N) is 1. The highest BCUT2D eigenvalue weighted by Gasteiger charge is 2.26. The van der Waals surface area contributed by atoms with Crippen molar-refractivity contribution in [2.24, 2.45) is 5.73 Å². The molecule has 3 rings (SSSR count). The molecule has 1 atom stereocenters. The second-order valence-electron chi connectivity index (χ2n) is 7.32. The van der Waals surface area contributed by atoms with Crippen molar-refractivity contribution in [3.63, 3.8) is 0 Å². The van der Waals surface area contributed by atoms with Crippen molar-refractivity contribution in [1.82, 2.24) is 14.9 Å². The van der Waals surface area contributed by atoms with Gasteiger partial charge in [-0.05, 0) is 23.3 Å². The molecule has 3 N–H and O–H groups in total. The summed E-state index contributed by atoms with van der Waals surface area (Å²) in [5, 5.41) is 10.4. The summed E-state index contributed by atoms with van der Waals surface area (Å²) in [5.41, 5.74) is 7.48. The number of hydroxylamine groups is 2. The molecule has 0 bridgehead atoms. The summed E-state index contributed by atoms with van der Waals surface area (Å²) in [7, 11) is 0. The fraction of sp³-hybridized carbons (Fsp3) is 0.409. The van der Waals surface area contributed by atoms with Gasteiger partial charge in [-0.15, -0.1) is 0 Å². The summed E-state index contributed by atoms with van der Waals surface area (Å²) in [4.78, 5) is 15.6. The van der Waals surface area contributed by atoms with Crippen molar-refractivity contribution in [2.45, 2.75) is 6.04 Å². The molecule has 1 fully saturated rings. The van der Waals surface area contributed by atoms with Crippen LogP contribution in [0.3, 0.4) is 0 Å². The third-order valence-electron chi connectivity index (χ3n) is 5.33. The molecule has 30 heavy (non-hydrogen) atoms. The molecule has 1 aliphatic heterocycles. The number of hydrogen-bond donors (Lipinski definition) is 2. The first-order chi connectivity index (χ1) is 14.5. The van der Waals surface area contributed by atoms with Crippen molar-refractivity contribution >= 4 is 17.6 Å². The first-order valence-corrected chi connectivity index (χ1v) is 10.5. The number of amides is 2. The van der Waals surface area contributed by atoms with Gasteiger partial charge in [-0.1, -0.05) is 54.1 Å². The molecule has 7 nitrogen and oxygen atoms in total. The second kappa shape index (κ2) is 11.3. The largest absolute Gasteiger partial charge is 0.378 e. The minimum atomic E-state index is -0.872. The fourth-order valence-corrected chi connectivity index (χ4v) is 3.82. The smallest absolute Gasteiger partial charge is 0.338 e. The monoisotopic (exact) mass is 432 g/mol. The zero-order valence-corrected chi connectivity index (χ0v) is 17.7. The highest BCUT2D eigenvalue weighted by atomic mass is 35.5. The lowest BCUT2D eigenvalue weighted by Gasteiger charge is -2.39. The van der Waals surface area contributed by atoms with Crippen LogP contribution >= 0.6 is 11.6 Å². The Bertz CT molecular complexity index is 783. The SMILES string of the molecule is NC(=O)N(O)CCOCCN1CCN(C(c2ccccc2)c2ccc(Cl)cc2)CC1. The maximum absolute atomic E-state index is 10.7. The number of benzene rings is 2. The van der Waals surface area contributed by atoms with E-state index in [2.05, 4.69) is 46.2 Å². The number of halogens is 1. The highest BCUT2D eigenvalue weighted by Crippen LogP contribution is 2.30. The Labute approximate surface area is 182 Å². The van der Waals surface area contributed by atoms with Crippen LogP contribution in [0.15, 0.2) is 54.6 Å². The molecule has 1 aliphatic rings. The van der Waals surface area contributed by atoms with Crippen molar-refractivity contribution in [2.75, 3.05) is 52.5 Å². The number of hydrogen-bond acceptors (Lipinski definition) is 5. The van der Waals surface area contributed by atoms with Crippen LogP contribution in [0.4, 0.5) is 4.79 Å². The number of carbonyl (C=O) groups excluding carboxylic acids is 1. The van der Waals surface area contributed by atoms with Gasteiger partial charge in [0.15, 0.2) is 0 Å². The minimum absolute atomic E-state index is 0.0724. The van der Waals surface area contributed by atoms with Gasteiger partial charge in [0.2, 0.25) is 0 Å². The minimum Gasteiger partial charge on any atom is -0.378 e. The quantitative estimate of drug-likeness (QED) is 0.361.